The van der Waals surface area contributed by atoms with Crippen molar-refractivity contribution in [2.24, 2.45) is 0 Å². The Labute approximate surface area is 135 Å². The highest BCUT2D eigenvalue weighted by molar-refractivity contribution is 5.84. The summed E-state index contributed by atoms with van der Waals surface area (Å²) in [6.45, 7) is 5.34. The van der Waals surface area contributed by atoms with Crippen LogP contribution in [0.2, 0.25) is 0 Å². The van der Waals surface area contributed by atoms with Crippen molar-refractivity contribution in [3.8, 4) is 0 Å². The minimum atomic E-state index is -0.751. The highest BCUT2D eigenvalue weighted by Crippen LogP contribution is 2.37. The molecule has 0 bridgehead atoms. The van der Waals surface area contributed by atoms with E-state index in [0.29, 0.717) is 13.2 Å². The van der Waals surface area contributed by atoms with Gasteiger partial charge in [0.2, 0.25) is 5.79 Å². The van der Waals surface area contributed by atoms with Crippen LogP contribution in [0.25, 0.3) is 10.8 Å². The van der Waals surface area contributed by atoms with E-state index in [2.05, 4.69) is 48.3 Å². The Hall–Kier alpha value is -2.17. The van der Waals surface area contributed by atoms with Crippen LogP contribution in [-0.4, -0.2) is 22.3 Å². The van der Waals surface area contributed by atoms with Gasteiger partial charge in [0.15, 0.2) is 0 Å². The van der Waals surface area contributed by atoms with Gasteiger partial charge < -0.3 is 14.0 Å². The standard InChI is InChI=1S/C19H20N2O2/c1-14-3-4-17-10-18(6-5-16(17)9-14)19(22-11-15(2)23-19)12-21-8-7-20-13-21/h3-10,13,15H,11-12H2,1-2H3. The molecule has 0 radical (unpaired) electrons. The van der Waals surface area contributed by atoms with Crippen LogP contribution in [0.3, 0.4) is 0 Å². The lowest BCUT2D eigenvalue weighted by molar-refractivity contribution is -0.185. The van der Waals surface area contributed by atoms with Crippen molar-refractivity contribution in [2.45, 2.75) is 32.3 Å². The summed E-state index contributed by atoms with van der Waals surface area (Å²) in [6.07, 6.45) is 5.58. The number of benzene rings is 2. The van der Waals surface area contributed by atoms with Gasteiger partial charge in [0, 0.05) is 18.0 Å². The second-order valence-electron chi connectivity index (χ2n) is 6.29. The predicted octanol–water partition coefficient (Wildman–Crippen LogP) is 3.63. The molecular formula is C19H20N2O2. The Morgan fingerprint density at radius 3 is 2.78 bits per heavy atom. The summed E-state index contributed by atoms with van der Waals surface area (Å²) in [5.41, 5.74) is 2.31. The molecule has 2 heterocycles. The lowest BCUT2D eigenvalue weighted by Gasteiger charge is -2.29. The molecule has 23 heavy (non-hydrogen) atoms. The third-order valence-corrected chi connectivity index (χ3v) is 4.33. The van der Waals surface area contributed by atoms with E-state index in [1.54, 1.807) is 12.5 Å². The molecule has 118 valence electrons. The van der Waals surface area contributed by atoms with Crippen molar-refractivity contribution in [3.05, 3.63) is 66.2 Å². The Bertz CT molecular complexity index is 829. The second-order valence-corrected chi connectivity index (χ2v) is 6.29. The monoisotopic (exact) mass is 308 g/mol. The third-order valence-electron chi connectivity index (χ3n) is 4.33. The zero-order valence-corrected chi connectivity index (χ0v) is 13.4. The second kappa shape index (κ2) is 5.48. The van der Waals surface area contributed by atoms with Gasteiger partial charge in [0.05, 0.1) is 25.6 Å². The first-order chi connectivity index (χ1) is 11.1. The van der Waals surface area contributed by atoms with Crippen LogP contribution in [0.15, 0.2) is 55.1 Å². The number of fused-ring (bicyclic) bond motifs is 1. The van der Waals surface area contributed by atoms with Gasteiger partial charge in [-0.1, -0.05) is 35.9 Å². The number of hydrogen-bond acceptors (Lipinski definition) is 3. The van der Waals surface area contributed by atoms with Gasteiger partial charge in [-0.25, -0.2) is 4.98 Å². The van der Waals surface area contributed by atoms with E-state index in [9.17, 15) is 0 Å². The number of aryl methyl sites for hydroxylation is 1. The van der Waals surface area contributed by atoms with Crippen molar-refractivity contribution in [2.75, 3.05) is 6.61 Å². The number of rotatable bonds is 3. The van der Waals surface area contributed by atoms with Gasteiger partial charge in [-0.3, -0.25) is 0 Å². The highest BCUT2D eigenvalue weighted by atomic mass is 16.7. The Morgan fingerprint density at radius 2 is 2.04 bits per heavy atom. The van der Waals surface area contributed by atoms with E-state index in [1.807, 2.05) is 17.7 Å². The van der Waals surface area contributed by atoms with Crippen molar-refractivity contribution in [3.63, 3.8) is 0 Å². The molecule has 0 amide bonds. The molecule has 0 saturated carbocycles. The number of aromatic nitrogens is 2. The molecule has 0 spiro atoms. The fraction of sp³-hybridized carbons (Fsp3) is 0.316. The minimum Gasteiger partial charge on any atom is -0.342 e. The summed E-state index contributed by atoms with van der Waals surface area (Å²) in [5.74, 6) is -0.751. The average molecular weight is 308 g/mol. The van der Waals surface area contributed by atoms with E-state index in [1.165, 1.54) is 16.3 Å². The Morgan fingerprint density at radius 1 is 1.22 bits per heavy atom. The van der Waals surface area contributed by atoms with Gasteiger partial charge in [0.1, 0.15) is 0 Å². The van der Waals surface area contributed by atoms with Gasteiger partial charge in [0.25, 0.3) is 0 Å². The molecule has 1 aliphatic rings. The maximum Gasteiger partial charge on any atom is 0.213 e. The number of imidazole rings is 1. The zero-order valence-electron chi connectivity index (χ0n) is 13.4. The number of ether oxygens (including phenoxy) is 2. The maximum atomic E-state index is 6.21. The van der Waals surface area contributed by atoms with Crippen molar-refractivity contribution in [1.29, 1.82) is 0 Å². The molecule has 0 aliphatic carbocycles. The van der Waals surface area contributed by atoms with Gasteiger partial charge in [-0.15, -0.1) is 0 Å². The van der Waals surface area contributed by atoms with Crippen molar-refractivity contribution >= 4 is 10.8 Å². The molecule has 1 aromatic heterocycles. The molecule has 0 N–H and O–H groups in total. The molecule has 3 aromatic rings. The van der Waals surface area contributed by atoms with Crippen LogP contribution in [-0.2, 0) is 21.8 Å². The molecule has 1 saturated heterocycles. The summed E-state index contributed by atoms with van der Waals surface area (Å²) in [5, 5.41) is 2.43. The lowest BCUT2D eigenvalue weighted by atomic mass is 9.99. The molecule has 2 atom stereocenters. The molecule has 4 heteroatoms. The van der Waals surface area contributed by atoms with E-state index < -0.39 is 5.79 Å². The summed E-state index contributed by atoms with van der Waals surface area (Å²) in [7, 11) is 0. The van der Waals surface area contributed by atoms with Crippen LogP contribution >= 0.6 is 0 Å². The summed E-state index contributed by atoms with van der Waals surface area (Å²) >= 11 is 0. The highest BCUT2D eigenvalue weighted by Gasteiger charge is 2.42. The predicted molar refractivity (Wildman–Crippen MR) is 89.1 cm³/mol. The molecule has 2 aromatic carbocycles. The first-order valence-electron chi connectivity index (χ1n) is 7.93. The van der Waals surface area contributed by atoms with Crippen LogP contribution in [0, 0.1) is 6.92 Å². The maximum absolute atomic E-state index is 6.21. The quantitative estimate of drug-likeness (QED) is 0.741. The topological polar surface area (TPSA) is 36.3 Å². The molecular weight excluding hydrogens is 288 g/mol. The molecule has 1 aliphatic heterocycles. The zero-order chi connectivity index (χ0) is 15.9. The van der Waals surface area contributed by atoms with Crippen molar-refractivity contribution in [1.82, 2.24) is 9.55 Å². The van der Waals surface area contributed by atoms with Crippen LogP contribution < -0.4 is 0 Å². The van der Waals surface area contributed by atoms with Crippen molar-refractivity contribution < 1.29 is 9.47 Å². The van der Waals surface area contributed by atoms with Crippen LogP contribution in [0.1, 0.15) is 18.1 Å². The third kappa shape index (κ3) is 2.64. The Kier molecular flexibility index (Phi) is 3.43. The fourth-order valence-electron chi connectivity index (χ4n) is 3.19. The van der Waals surface area contributed by atoms with E-state index in [-0.39, 0.29) is 6.10 Å². The Balaban J connectivity index is 1.78. The van der Waals surface area contributed by atoms with E-state index in [0.717, 1.165) is 5.56 Å². The molecule has 4 rings (SSSR count). The summed E-state index contributed by atoms with van der Waals surface area (Å²) in [4.78, 5) is 4.12. The lowest BCUT2D eigenvalue weighted by Crippen LogP contribution is -2.33. The van der Waals surface area contributed by atoms with E-state index >= 15 is 0 Å². The molecule has 1 fully saturated rings. The van der Waals surface area contributed by atoms with E-state index in [4.69, 9.17) is 9.47 Å². The normalized spacial score (nSPS) is 24.3. The minimum absolute atomic E-state index is 0.0761. The number of nitrogens with zero attached hydrogens (tertiary/aromatic N) is 2. The summed E-state index contributed by atoms with van der Waals surface area (Å²) < 4.78 is 14.3. The average Bonchev–Trinajstić information content (AvgIpc) is 3.17. The first kappa shape index (κ1) is 14.4. The summed E-state index contributed by atoms with van der Waals surface area (Å²) in [6, 6.07) is 12.9. The van der Waals surface area contributed by atoms with Gasteiger partial charge in [-0.05, 0) is 30.7 Å². The first-order valence-corrected chi connectivity index (χ1v) is 7.93. The number of hydrogen-bond donors (Lipinski definition) is 0. The van der Waals surface area contributed by atoms with Crippen LogP contribution in [0.5, 0.6) is 0 Å². The van der Waals surface area contributed by atoms with Gasteiger partial charge >= 0.3 is 0 Å². The van der Waals surface area contributed by atoms with Crippen LogP contribution in [0.4, 0.5) is 0 Å². The van der Waals surface area contributed by atoms with Gasteiger partial charge in [-0.2, -0.15) is 0 Å². The largest absolute Gasteiger partial charge is 0.342 e. The smallest absolute Gasteiger partial charge is 0.213 e. The SMILES string of the molecule is Cc1ccc2cc(C3(Cn4ccnc4)OCC(C)O3)ccc2c1. The molecule has 4 nitrogen and oxygen atoms in total. The fourth-order valence-corrected chi connectivity index (χ4v) is 3.19. The molecule has 2 unspecified atom stereocenters.